The lowest BCUT2D eigenvalue weighted by atomic mass is 9.92. The summed E-state index contributed by atoms with van der Waals surface area (Å²) < 4.78 is 5.32. The average molecular weight is 254 g/mol. The van der Waals surface area contributed by atoms with Gasteiger partial charge in [0, 0.05) is 18.1 Å². The van der Waals surface area contributed by atoms with Crippen LogP contribution in [0.5, 0.6) is 0 Å². The monoisotopic (exact) mass is 254 g/mol. The number of carbonyl (C=O) groups excluding carboxylic acids is 1. The molecular formula is C14H26N2O2. The first-order valence-corrected chi connectivity index (χ1v) is 7.19. The molecule has 0 aromatic rings. The van der Waals surface area contributed by atoms with E-state index in [4.69, 9.17) is 4.74 Å². The first kappa shape index (κ1) is 13.7. The molecule has 0 heterocycles. The highest BCUT2D eigenvalue weighted by molar-refractivity contribution is 5.68. The molecular weight excluding hydrogens is 228 g/mol. The molecule has 4 heteroatoms. The highest BCUT2D eigenvalue weighted by atomic mass is 16.6. The molecule has 2 unspecified atom stereocenters. The fraction of sp³-hybridized carbons (Fsp3) is 0.929. The summed E-state index contributed by atoms with van der Waals surface area (Å²) in [7, 11) is 0. The Balaban J connectivity index is 1.78. The summed E-state index contributed by atoms with van der Waals surface area (Å²) in [5, 5.41) is 6.68. The summed E-state index contributed by atoms with van der Waals surface area (Å²) in [4.78, 5) is 11.8. The Morgan fingerprint density at radius 1 is 1.06 bits per heavy atom. The van der Waals surface area contributed by atoms with Crippen molar-refractivity contribution in [1.29, 1.82) is 0 Å². The molecule has 2 rings (SSSR count). The lowest BCUT2D eigenvalue weighted by Crippen LogP contribution is -2.52. The first-order valence-electron chi connectivity index (χ1n) is 7.19. The van der Waals surface area contributed by atoms with Gasteiger partial charge in [-0.1, -0.05) is 6.42 Å². The smallest absolute Gasteiger partial charge is 0.407 e. The number of hydrogen-bond acceptors (Lipinski definition) is 3. The largest absolute Gasteiger partial charge is 0.444 e. The van der Waals surface area contributed by atoms with E-state index in [1.54, 1.807) is 0 Å². The molecule has 2 fully saturated rings. The highest BCUT2D eigenvalue weighted by Crippen LogP contribution is 2.25. The molecule has 2 N–H and O–H groups in total. The molecule has 0 radical (unpaired) electrons. The van der Waals surface area contributed by atoms with Crippen LogP contribution in [0, 0.1) is 0 Å². The molecule has 0 aliphatic heterocycles. The van der Waals surface area contributed by atoms with Gasteiger partial charge in [-0.3, -0.25) is 0 Å². The highest BCUT2D eigenvalue weighted by Gasteiger charge is 2.32. The van der Waals surface area contributed by atoms with Crippen LogP contribution in [-0.2, 0) is 4.74 Å². The number of hydrogen-bond donors (Lipinski definition) is 2. The second kappa shape index (κ2) is 5.47. The Morgan fingerprint density at radius 2 is 1.67 bits per heavy atom. The SMILES string of the molecule is CC(C)(C)OC(=O)NC1CCCC1NC1CCC1. The van der Waals surface area contributed by atoms with Crippen molar-refractivity contribution in [3.05, 3.63) is 0 Å². The third-order valence-electron chi connectivity index (χ3n) is 3.77. The van der Waals surface area contributed by atoms with Crippen molar-refractivity contribution < 1.29 is 9.53 Å². The molecule has 0 aromatic carbocycles. The first-order chi connectivity index (χ1) is 8.44. The number of nitrogens with one attached hydrogen (secondary N) is 2. The summed E-state index contributed by atoms with van der Waals surface area (Å²) in [6.07, 6.45) is 7.04. The molecule has 0 aromatic heterocycles. The van der Waals surface area contributed by atoms with Crippen molar-refractivity contribution in [1.82, 2.24) is 10.6 Å². The number of rotatable bonds is 3. The molecule has 2 aliphatic carbocycles. The maximum absolute atomic E-state index is 11.8. The van der Waals surface area contributed by atoms with Crippen molar-refractivity contribution in [2.75, 3.05) is 0 Å². The van der Waals surface area contributed by atoms with Gasteiger partial charge < -0.3 is 15.4 Å². The summed E-state index contributed by atoms with van der Waals surface area (Å²) in [5.74, 6) is 0. The van der Waals surface area contributed by atoms with E-state index in [0.29, 0.717) is 12.1 Å². The van der Waals surface area contributed by atoms with E-state index in [1.807, 2.05) is 20.8 Å². The lowest BCUT2D eigenvalue weighted by Gasteiger charge is -2.33. The molecule has 0 spiro atoms. The molecule has 2 aliphatic rings. The maximum Gasteiger partial charge on any atom is 0.407 e. The summed E-state index contributed by atoms with van der Waals surface area (Å²) in [5.41, 5.74) is -0.417. The topological polar surface area (TPSA) is 50.4 Å². The number of amides is 1. The lowest BCUT2D eigenvalue weighted by molar-refractivity contribution is 0.0495. The standard InChI is InChI=1S/C14H26N2O2/c1-14(2,3)18-13(17)16-12-9-5-8-11(12)15-10-6-4-7-10/h10-12,15H,4-9H2,1-3H3,(H,16,17). The van der Waals surface area contributed by atoms with Gasteiger partial charge in [-0.2, -0.15) is 0 Å². The zero-order valence-electron chi connectivity index (χ0n) is 11.8. The molecule has 104 valence electrons. The van der Waals surface area contributed by atoms with Gasteiger partial charge >= 0.3 is 6.09 Å². The number of ether oxygens (including phenoxy) is 1. The van der Waals surface area contributed by atoms with Crippen molar-refractivity contribution >= 4 is 6.09 Å². The van der Waals surface area contributed by atoms with Crippen LogP contribution in [0.4, 0.5) is 4.79 Å². The van der Waals surface area contributed by atoms with E-state index in [9.17, 15) is 4.79 Å². The fourth-order valence-corrected chi connectivity index (χ4v) is 2.67. The van der Waals surface area contributed by atoms with Gasteiger partial charge in [0.1, 0.15) is 5.60 Å². The Kier molecular flexibility index (Phi) is 4.15. The molecule has 1 amide bonds. The second-order valence-electron chi connectivity index (χ2n) is 6.58. The Labute approximate surface area is 110 Å². The van der Waals surface area contributed by atoms with Crippen LogP contribution in [0.1, 0.15) is 59.3 Å². The van der Waals surface area contributed by atoms with Crippen LogP contribution in [-0.4, -0.2) is 29.8 Å². The van der Waals surface area contributed by atoms with E-state index in [2.05, 4.69) is 10.6 Å². The minimum Gasteiger partial charge on any atom is -0.444 e. The molecule has 2 atom stereocenters. The third kappa shape index (κ3) is 3.87. The molecule has 18 heavy (non-hydrogen) atoms. The zero-order chi connectivity index (χ0) is 13.2. The molecule has 4 nitrogen and oxygen atoms in total. The quantitative estimate of drug-likeness (QED) is 0.814. The van der Waals surface area contributed by atoms with Crippen LogP contribution in [0.25, 0.3) is 0 Å². The van der Waals surface area contributed by atoms with Crippen LogP contribution in [0.2, 0.25) is 0 Å². The predicted octanol–water partition coefficient (Wildman–Crippen LogP) is 2.57. The fourth-order valence-electron chi connectivity index (χ4n) is 2.67. The van der Waals surface area contributed by atoms with E-state index < -0.39 is 5.60 Å². The van der Waals surface area contributed by atoms with Crippen molar-refractivity contribution in [3.63, 3.8) is 0 Å². The Hall–Kier alpha value is -0.770. The maximum atomic E-state index is 11.8. The van der Waals surface area contributed by atoms with E-state index in [-0.39, 0.29) is 12.1 Å². The Morgan fingerprint density at radius 3 is 2.22 bits per heavy atom. The third-order valence-corrected chi connectivity index (χ3v) is 3.77. The van der Waals surface area contributed by atoms with Crippen LogP contribution in [0.3, 0.4) is 0 Å². The predicted molar refractivity (Wildman–Crippen MR) is 71.6 cm³/mol. The normalized spacial score (nSPS) is 28.8. The van der Waals surface area contributed by atoms with Gasteiger partial charge in [-0.25, -0.2) is 4.79 Å². The van der Waals surface area contributed by atoms with E-state index in [0.717, 1.165) is 12.8 Å². The van der Waals surface area contributed by atoms with Crippen LogP contribution in [0.15, 0.2) is 0 Å². The molecule has 0 bridgehead atoms. The minimum atomic E-state index is -0.417. The van der Waals surface area contributed by atoms with Gasteiger partial charge in [0.15, 0.2) is 0 Å². The van der Waals surface area contributed by atoms with E-state index in [1.165, 1.54) is 25.7 Å². The average Bonchev–Trinajstić information content (AvgIpc) is 2.55. The van der Waals surface area contributed by atoms with E-state index >= 15 is 0 Å². The minimum absolute atomic E-state index is 0.237. The molecule has 2 saturated carbocycles. The van der Waals surface area contributed by atoms with Crippen molar-refractivity contribution in [2.24, 2.45) is 0 Å². The number of carbonyl (C=O) groups is 1. The van der Waals surface area contributed by atoms with Gasteiger partial charge in [-0.15, -0.1) is 0 Å². The Bertz CT molecular complexity index is 295. The van der Waals surface area contributed by atoms with Gasteiger partial charge in [-0.05, 0) is 52.9 Å². The van der Waals surface area contributed by atoms with Crippen molar-refractivity contribution in [3.8, 4) is 0 Å². The van der Waals surface area contributed by atoms with Crippen LogP contribution >= 0.6 is 0 Å². The zero-order valence-corrected chi connectivity index (χ0v) is 11.8. The summed E-state index contributed by atoms with van der Waals surface area (Å²) in [6, 6.07) is 1.35. The second-order valence-corrected chi connectivity index (χ2v) is 6.58. The number of alkyl carbamates (subject to hydrolysis) is 1. The van der Waals surface area contributed by atoms with Gasteiger partial charge in [0.25, 0.3) is 0 Å². The van der Waals surface area contributed by atoms with Crippen molar-refractivity contribution in [2.45, 2.75) is 83.0 Å². The van der Waals surface area contributed by atoms with Gasteiger partial charge in [0.05, 0.1) is 0 Å². The van der Waals surface area contributed by atoms with Crippen LogP contribution < -0.4 is 10.6 Å². The molecule has 0 saturated heterocycles. The summed E-state index contributed by atoms with van der Waals surface area (Å²) >= 11 is 0. The van der Waals surface area contributed by atoms with Gasteiger partial charge in [0.2, 0.25) is 0 Å². The summed E-state index contributed by atoms with van der Waals surface area (Å²) in [6.45, 7) is 5.68.